The predicted molar refractivity (Wildman–Crippen MR) is 156 cm³/mol. The Morgan fingerprint density at radius 3 is 2.45 bits per heavy atom. The van der Waals surface area contributed by atoms with Crippen LogP contribution in [0.5, 0.6) is 11.5 Å². The number of hydrogen-bond donors (Lipinski definition) is 1. The molecule has 0 radical (unpaired) electrons. The Labute approximate surface area is 246 Å². The van der Waals surface area contributed by atoms with E-state index in [1.54, 1.807) is 43.0 Å². The number of halogens is 1. The fraction of sp³-hybridized carbons (Fsp3) is 0.233. The molecule has 1 aliphatic rings. The van der Waals surface area contributed by atoms with Gasteiger partial charge in [-0.25, -0.2) is 9.40 Å². The molecule has 12 heteroatoms. The average Bonchev–Trinajstić information content (AvgIpc) is 3.62. The highest BCUT2D eigenvalue weighted by Gasteiger charge is 2.33. The first-order chi connectivity index (χ1) is 20.4. The number of rotatable bonds is 11. The van der Waals surface area contributed by atoms with E-state index in [9.17, 15) is 14.0 Å². The number of nitrogens with zero attached hydrogens (tertiary/aromatic N) is 5. The number of nitrogens with one attached hydrogen (secondary N) is 1. The first-order valence-electron chi connectivity index (χ1n) is 13.2. The van der Waals surface area contributed by atoms with E-state index in [4.69, 9.17) is 9.47 Å². The maximum Gasteiger partial charge on any atom is 0.258 e. The monoisotopic (exact) mass is 588 g/mol. The maximum absolute atomic E-state index is 13.6. The van der Waals surface area contributed by atoms with Gasteiger partial charge >= 0.3 is 0 Å². The van der Waals surface area contributed by atoms with Gasteiger partial charge in [0.1, 0.15) is 17.3 Å². The van der Waals surface area contributed by atoms with Crippen molar-refractivity contribution in [1.82, 2.24) is 25.1 Å². The van der Waals surface area contributed by atoms with Gasteiger partial charge in [-0.3, -0.25) is 9.59 Å². The van der Waals surface area contributed by atoms with Gasteiger partial charge in [-0.1, -0.05) is 42.1 Å². The van der Waals surface area contributed by atoms with E-state index >= 15 is 0 Å². The van der Waals surface area contributed by atoms with Crippen molar-refractivity contribution >= 4 is 29.3 Å². The number of hydrogen-bond acceptors (Lipinski definition) is 8. The summed E-state index contributed by atoms with van der Waals surface area (Å²) in [6.45, 7) is 0.0331. The van der Waals surface area contributed by atoms with E-state index in [1.807, 2.05) is 42.5 Å². The molecule has 1 aliphatic heterocycles. The van der Waals surface area contributed by atoms with Gasteiger partial charge in [0, 0.05) is 13.5 Å². The van der Waals surface area contributed by atoms with Crippen molar-refractivity contribution < 1.29 is 23.5 Å². The van der Waals surface area contributed by atoms with Crippen LogP contribution < -0.4 is 14.8 Å². The summed E-state index contributed by atoms with van der Waals surface area (Å²) in [6.07, 6.45) is 0.482. The van der Waals surface area contributed by atoms with Crippen LogP contribution >= 0.6 is 11.8 Å². The molecule has 10 nitrogen and oxygen atoms in total. The van der Waals surface area contributed by atoms with Gasteiger partial charge < -0.3 is 19.4 Å². The van der Waals surface area contributed by atoms with E-state index in [-0.39, 0.29) is 42.6 Å². The Morgan fingerprint density at radius 1 is 1.00 bits per heavy atom. The second-order valence-electron chi connectivity index (χ2n) is 9.41. The van der Waals surface area contributed by atoms with Crippen LogP contribution in [0.3, 0.4) is 0 Å². The van der Waals surface area contributed by atoms with Gasteiger partial charge in [-0.15, -0.1) is 10.2 Å². The molecule has 4 aromatic rings. The Balaban J connectivity index is 1.22. The van der Waals surface area contributed by atoms with Crippen molar-refractivity contribution in [3.8, 4) is 11.5 Å². The third kappa shape index (κ3) is 6.95. The van der Waals surface area contributed by atoms with E-state index in [2.05, 4.69) is 20.6 Å². The molecule has 0 aliphatic carbocycles. The van der Waals surface area contributed by atoms with Crippen molar-refractivity contribution in [2.45, 2.75) is 24.2 Å². The second kappa shape index (κ2) is 13.3. The zero-order valence-electron chi connectivity index (χ0n) is 23.1. The van der Waals surface area contributed by atoms with E-state index < -0.39 is 0 Å². The minimum absolute atomic E-state index is 0.0559. The summed E-state index contributed by atoms with van der Waals surface area (Å²) in [5, 5.41) is 17.8. The van der Waals surface area contributed by atoms with Gasteiger partial charge in [0.05, 0.1) is 31.2 Å². The minimum Gasteiger partial charge on any atom is -0.497 e. The number of aromatic nitrogens is 3. The molecule has 1 aromatic heterocycles. The van der Waals surface area contributed by atoms with Gasteiger partial charge in [-0.05, 0) is 59.7 Å². The third-order valence-corrected chi connectivity index (χ3v) is 7.66. The number of carbonyl (C=O) groups excluding carboxylic acids is 2. The number of ether oxygens (including phenoxy) is 2. The number of amides is 2. The summed E-state index contributed by atoms with van der Waals surface area (Å²) in [5.74, 6) is 1.05. The summed E-state index contributed by atoms with van der Waals surface area (Å²) in [6, 6.07) is 22.3. The van der Waals surface area contributed by atoms with Gasteiger partial charge in [0.15, 0.2) is 17.6 Å². The number of para-hydroxylation sites is 1. The first-order valence-corrected chi connectivity index (χ1v) is 14.1. The van der Waals surface area contributed by atoms with Crippen LogP contribution in [-0.4, -0.2) is 56.8 Å². The summed E-state index contributed by atoms with van der Waals surface area (Å²) >= 11 is 1.22. The SMILES string of the molecule is COc1ccc(C2=NN(C(=O)CSc3nnc(CNC(=O)COc4ccccc4)n3C)C(c3ccc(F)cc3)C2)cc1. The summed E-state index contributed by atoms with van der Waals surface area (Å²) in [5.41, 5.74) is 2.41. The fourth-order valence-corrected chi connectivity index (χ4v) is 5.14. The number of hydrazone groups is 1. The summed E-state index contributed by atoms with van der Waals surface area (Å²) < 4.78 is 26.1. The highest BCUT2D eigenvalue weighted by atomic mass is 32.2. The van der Waals surface area contributed by atoms with Crippen molar-refractivity contribution in [1.29, 1.82) is 0 Å². The van der Waals surface area contributed by atoms with Gasteiger partial charge in [0.2, 0.25) is 0 Å². The van der Waals surface area contributed by atoms with Crippen molar-refractivity contribution in [2.75, 3.05) is 19.5 Å². The molecular weight excluding hydrogens is 559 g/mol. The molecule has 0 saturated heterocycles. The average molecular weight is 589 g/mol. The van der Waals surface area contributed by atoms with Crippen LogP contribution in [0.25, 0.3) is 0 Å². The molecule has 2 heterocycles. The fourth-order valence-electron chi connectivity index (χ4n) is 4.35. The maximum atomic E-state index is 13.6. The molecule has 2 amide bonds. The van der Waals surface area contributed by atoms with Crippen LogP contribution in [0.2, 0.25) is 0 Å². The largest absolute Gasteiger partial charge is 0.497 e. The zero-order valence-corrected chi connectivity index (χ0v) is 23.9. The lowest BCUT2D eigenvalue weighted by molar-refractivity contribution is -0.130. The van der Waals surface area contributed by atoms with Crippen molar-refractivity contribution in [3.63, 3.8) is 0 Å². The summed E-state index contributed by atoms with van der Waals surface area (Å²) in [4.78, 5) is 25.7. The molecule has 42 heavy (non-hydrogen) atoms. The van der Waals surface area contributed by atoms with Gasteiger partial charge in [0.25, 0.3) is 11.8 Å². The Bertz CT molecular complexity index is 1560. The highest BCUT2D eigenvalue weighted by Crippen LogP contribution is 2.34. The smallest absolute Gasteiger partial charge is 0.258 e. The third-order valence-electron chi connectivity index (χ3n) is 6.65. The van der Waals surface area contributed by atoms with Crippen LogP contribution in [0, 0.1) is 5.82 Å². The van der Waals surface area contributed by atoms with Crippen LogP contribution in [0.1, 0.15) is 29.4 Å². The lowest BCUT2D eigenvalue weighted by atomic mass is 9.98. The number of benzene rings is 3. The molecule has 0 saturated carbocycles. The number of carbonyl (C=O) groups is 2. The molecule has 0 fully saturated rings. The minimum atomic E-state index is -0.376. The molecule has 1 N–H and O–H groups in total. The van der Waals surface area contributed by atoms with Gasteiger partial charge in [-0.2, -0.15) is 5.10 Å². The highest BCUT2D eigenvalue weighted by molar-refractivity contribution is 7.99. The quantitative estimate of drug-likeness (QED) is 0.262. The van der Waals surface area contributed by atoms with E-state index in [0.29, 0.717) is 23.2 Å². The molecular formula is C30H29FN6O4S. The molecule has 3 aromatic carbocycles. The molecule has 0 bridgehead atoms. The lowest BCUT2D eigenvalue weighted by Crippen LogP contribution is -2.29. The molecule has 216 valence electrons. The lowest BCUT2D eigenvalue weighted by Gasteiger charge is -2.22. The number of methoxy groups -OCH3 is 1. The number of thioether (sulfide) groups is 1. The van der Waals surface area contributed by atoms with Crippen LogP contribution in [0.15, 0.2) is 89.1 Å². The molecule has 5 rings (SSSR count). The molecule has 1 atom stereocenters. The Kier molecular flexibility index (Phi) is 9.12. The first kappa shape index (κ1) is 28.8. The standard InChI is InChI=1S/C30H29FN6O4S/c1-36-27(17-32-28(38)18-41-24-6-4-3-5-7-24)33-34-30(36)42-19-29(39)37-26(21-8-12-22(31)13-9-21)16-25(35-37)20-10-14-23(40-2)15-11-20/h3-15,26H,16-19H2,1-2H3,(H,32,38). The van der Waals surface area contributed by atoms with E-state index in [1.165, 1.54) is 28.9 Å². The predicted octanol–water partition coefficient (Wildman–Crippen LogP) is 4.13. The molecule has 1 unspecified atom stereocenters. The Morgan fingerprint density at radius 2 is 1.74 bits per heavy atom. The molecule has 0 spiro atoms. The van der Waals surface area contributed by atoms with Crippen LogP contribution in [0.4, 0.5) is 4.39 Å². The van der Waals surface area contributed by atoms with E-state index in [0.717, 1.165) is 22.6 Å². The summed E-state index contributed by atoms with van der Waals surface area (Å²) in [7, 11) is 3.37. The van der Waals surface area contributed by atoms with Crippen LogP contribution in [-0.2, 0) is 23.2 Å². The second-order valence-corrected chi connectivity index (χ2v) is 10.4. The zero-order chi connectivity index (χ0) is 29.5. The topological polar surface area (TPSA) is 111 Å². The Hall–Kier alpha value is -4.71. The normalized spacial score (nSPS) is 14.4. The van der Waals surface area contributed by atoms with Crippen molar-refractivity contribution in [3.05, 3.63) is 102 Å². The van der Waals surface area contributed by atoms with Crippen molar-refractivity contribution in [2.24, 2.45) is 12.1 Å².